The van der Waals surface area contributed by atoms with Crippen LogP contribution in [0.2, 0.25) is 0 Å². The summed E-state index contributed by atoms with van der Waals surface area (Å²) in [5.41, 5.74) is 1.66. The average molecular weight is 232 g/mol. The fraction of sp³-hybridized carbons (Fsp3) is 0.417. The van der Waals surface area contributed by atoms with Crippen LogP contribution in [0.25, 0.3) is 11.6 Å². The third-order valence-corrected chi connectivity index (χ3v) is 2.28. The molecule has 0 atom stereocenters. The number of aryl methyl sites for hydroxylation is 1. The highest BCUT2D eigenvalue weighted by atomic mass is 16.4. The van der Waals surface area contributed by atoms with Crippen LogP contribution >= 0.6 is 0 Å². The van der Waals surface area contributed by atoms with Crippen molar-refractivity contribution in [2.75, 3.05) is 6.54 Å². The first kappa shape index (κ1) is 11.7. The second kappa shape index (κ2) is 5.54. The molecule has 0 unspecified atom stereocenters. The Morgan fingerprint density at radius 2 is 2.18 bits per heavy atom. The fourth-order valence-corrected chi connectivity index (χ4v) is 1.46. The third-order valence-electron chi connectivity index (χ3n) is 2.28. The minimum atomic E-state index is 0.474. The van der Waals surface area contributed by atoms with Gasteiger partial charge >= 0.3 is 0 Å². The van der Waals surface area contributed by atoms with Crippen LogP contribution in [0.15, 0.2) is 22.6 Å². The van der Waals surface area contributed by atoms with E-state index < -0.39 is 0 Å². The van der Waals surface area contributed by atoms with Gasteiger partial charge in [-0.25, -0.2) is 4.98 Å². The second-order valence-corrected chi connectivity index (χ2v) is 3.84. The smallest absolute Gasteiger partial charge is 0.266 e. The van der Waals surface area contributed by atoms with Gasteiger partial charge in [0.1, 0.15) is 5.69 Å². The monoisotopic (exact) mass is 232 g/mol. The Morgan fingerprint density at radius 1 is 1.29 bits per heavy atom. The predicted octanol–water partition coefficient (Wildman–Crippen LogP) is 1.94. The molecule has 0 aliphatic heterocycles. The lowest BCUT2D eigenvalue weighted by molar-refractivity contribution is 0.476. The molecule has 0 radical (unpaired) electrons. The molecule has 0 amide bonds. The number of pyridine rings is 1. The van der Waals surface area contributed by atoms with Crippen molar-refractivity contribution in [3.63, 3.8) is 0 Å². The van der Waals surface area contributed by atoms with Crippen molar-refractivity contribution in [3.05, 3.63) is 29.8 Å². The van der Waals surface area contributed by atoms with Gasteiger partial charge in [0.25, 0.3) is 5.89 Å². The number of aromatic nitrogens is 3. The topological polar surface area (TPSA) is 63.8 Å². The van der Waals surface area contributed by atoms with Gasteiger partial charge in [-0.3, -0.25) is 0 Å². The van der Waals surface area contributed by atoms with Gasteiger partial charge in [-0.15, -0.1) is 10.2 Å². The Hall–Kier alpha value is -1.75. The van der Waals surface area contributed by atoms with Gasteiger partial charge in [0.2, 0.25) is 5.89 Å². The first-order valence-electron chi connectivity index (χ1n) is 5.76. The summed E-state index contributed by atoms with van der Waals surface area (Å²) in [6.07, 6.45) is 1.08. The van der Waals surface area contributed by atoms with Gasteiger partial charge in [0.15, 0.2) is 0 Å². The van der Waals surface area contributed by atoms with Gasteiger partial charge in [0.05, 0.1) is 6.54 Å². The van der Waals surface area contributed by atoms with Crippen LogP contribution in [0.5, 0.6) is 0 Å². The summed E-state index contributed by atoms with van der Waals surface area (Å²) in [7, 11) is 0. The lowest BCUT2D eigenvalue weighted by Gasteiger charge is -1.97. The molecule has 2 aromatic rings. The SMILES string of the molecule is CCCNCc1nnc(-c2cccc(C)n2)o1. The standard InChI is InChI=1S/C12H16N4O/c1-3-7-13-8-11-15-16-12(17-11)10-6-4-5-9(2)14-10/h4-6,13H,3,7-8H2,1-2H3. The lowest BCUT2D eigenvalue weighted by Crippen LogP contribution is -2.13. The molecule has 2 heterocycles. The van der Waals surface area contributed by atoms with E-state index in [1.54, 1.807) is 0 Å². The van der Waals surface area contributed by atoms with E-state index in [-0.39, 0.29) is 0 Å². The summed E-state index contributed by atoms with van der Waals surface area (Å²) >= 11 is 0. The van der Waals surface area contributed by atoms with Gasteiger partial charge in [0, 0.05) is 5.69 Å². The minimum absolute atomic E-state index is 0.474. The molecule has 5 nitrogen and oxygen atoms in total. The molecule has 0 saturated carbocycles. The molecule has 0 bridgehead atoms. The molecule has 2 rings (SSSR count). The van der Waals surface area contributed by atoms with Gasteiger partial charge in [-0.2, -0.15) is 0 Å². The molecule has 0 spiro atoms. The zero-order valence-electron chi connectivity index (χ0n) is 10.1. The van der Waals surface area contributed by atoms with Crippen LogP contribution in [-0.4, -0.2) is 21.7 Å². The Balaban J connectivity index is 2.07. The fourth-order valence-electron chi connectivity index (χ4n) is 1.46. The minimum Gasteiger partial charge on any atom is -0.418 e. The van der Waals surface area contributed by atoms with Crippen molar-refractivity contribution < 1.29 is 4.42 Å². The van der Waals surface area contributed by atoms with E-state index in [4.69, 9.17) is 4.42 Å². The average Bonchev–Trinajstić information content (AvgIpc) is 2.78. The first-order valence-corrected chi connectivity index (χ1v) is 5.76. The summed E-state index contributed by atoms with van der Waals surface area (Å²) in [5.74, 6) is 1.07. The highest BCUT2D eigenvalue weighted by Gasteiger charge is 2.09. The maximum atomic E-state index is 5.52. The Labute approximate surface area is 100 Å². The summed E-state index contributed by atoms with van der Waals surface area (Å²) in [4.78, 5) is 4.34. The molecule has 0 aliphatic rings. The summed E-state index contributed by atoms with van der Waals surface area (Å²) in [6, 6.07) is 5.73. The first-order chi connectivity index (χ1) is 8.29. The van der Waals surface area contributed by atoms with Crippen LogP contribution in [-0.2, 0) is 6.54 Å². The summed E-state index contributed by atoms with van der Waals surface area (Å²) in [5, 5.41) is 11.2. The van der Waals surface area contributed by atoms with E-state index in [1.807, 2.05) is 25.1 Å². The maximum absolute atomic E-state index is 5.52. The van der Waals surface area contributed by atoms with Crippen LogP contribution in [0.4, 0.5) is 0 Å². The lowest BCUT2D eigenvalue weighted by atomic mass is 10.3. The zero-order chi connectivity index (χ0) is 12.1. The predicted molar refractivity (Wildman–Crippen MR) is 64.3 cm³/mol. The highest BCUT2D eigenvalue weighted by molar-refractivity contribution is 5.45. The zero-order valence-corrected chi connectivity index (χ0v) is 10.1. The van der Waals surface area contributed by atoms with Crippen molar-refractivity contribution in [2.24, 2.45) is 0 Å². The number of hydrogen-bond donors (Lipinski definition) is 1. The Bertz CT molecular complexity index is 481. The van der Waals surface area contributed by atoms with E-state index in [9.17, 15) is 0 Å². The molecular weight excluding hydrogens is 216 g/mol. The normalized spacial score (nSPS) is 10.7. The van der Waals surface area contributed by atoms with Crippen molar-refractivity contribution >= 4 is 0 Å². The van der Waals surface area contributed by atoms with Gasteiger partial charge in [-0.05, 0) is 32.0 Å². The van der Waals surface area contributed by atoms with Crippen LogP contribution in [0, 0.1) is 6.92 Å². The molecule has 0 aliphatic carbocycles. The molecule has 0 aromatic carbocycles. The van der Waals surface area contributed by atoms with Crippen LogP contribution in [0.1, 0.15) is 24.9 Å². The Kier molecular flexibility index (Phi) is 3.82. The number of nitrogens with zero attached hydrogens (tertiary/aromatic N) is 3. The molecule has 0 saturated heterocycles. The maximum Gasteiger partial charge on any atom is 0.266 e. The van der Waals surface area contributed by atoms with Crippen molar-refractivity contribution in [2.45, 2.75) is 26.8 Å². The number of hydrogen-bond acceptors (Lipinski definition) is 5. The number of nitrogens with one attached hydrogen (secondary N) is 1. The molecule has 2 aromatic heterocycles. The molecule has 5 heteroatoms. The summed E-state index contributed by atoms with van der Waals surface area (Å²) < 4.78 is 5.52. The highest BCUT2D eigenvalue weighted by Crippen LogP contribution is 2.15. The van der Waals surface area contributed by atoms with Crippen LogP contribution in [0.3, 0.4) is 0 Å². The summed E-state index contributed by atoms with van der Waals surface area (Å²) in [6.45, 7) is 5.60. The quantitative estimate of drug-likeness (QED) is 0.798. The van der Waals surface area contributed by atoms with Gasteiger partial charge < -0.3 is 9.73 Å². The van der Waals surface area contributed by atoms with E-state index in [0.717, 1.165) is 24.4 Å². The van der Waals surface area contributed by atoms with Crippen LogP contribution < -0.4 is 5.32 Å². The van der Waals surface area contributed by atoms with E-state index in [1.165, 1.54) is 0 Å². The molecule has 0 fully saturated rings. The van der Waals surface area contributed by atoms with Gasteiger partial charge in [-0.1, -0.05) is 13.0 Å². The van der Waals surface area contributed by atoms with Crippen molar-refractivity contribution in [1.29, 1.82) is 0 Å². The molecule has 17 heavy (non-hydrogen) atoms. The van der Waals surface area contributed by atoms with Crippen molar-refractivity contribution in [1.82, 2.24) is 20.5 Å². The van der Waals surface area contributed by atoms with E-state index >= 15 is 0 Å². The molecule has 1 N–H and O–H groups in total. The van der Waals surface area contributed by atoms with Crippen molar-refractivity contribution in [3.8, 4) is 11.6 Å². The largest absolute Gasteiger partial charge is 0.418 e. The third kappa shape index (κ3) is 3.10. The molecule has 90 valence electrons. The molecular formula is C12H16N4O. The van der Waals surface area contributed by atoms with E-state index in [2.05, 4.69) is 27.4 Å². The Morgan fingerprint density at radius 3 is 2.94 bits per heavy atom. The number of rotatable bonds is 5. The second-order valence-electron chi connectivity index (χ2n) is 3.84. The van der Waals surface area contributed by atoms with E-state index in [0.29, 0.717) is 18.3 Å².